The summed E-state index contributed by atoms with van der Waals surface area (Å²) in [5.41, 5.74) is 7.31. The first-order chi connectivity index (χ1) is 20.5. The second-order valence-corrected chi connectivity index (χ2v) is 13.4. The van der Waals surface area contributed by atoms with Gasteiger partial charge in [-0.25, -0.2) is 13.4 Å². The molecule has 3 aromatic rings. The molecule has 1 fully saturated rings. The van der Waals surface area contributed by atoms with Crippen molar-refractivity contribution in [3.05, 3.63) is 53.9 Å². The molecule has 1 saturated carbocycles. The number of nitrogens with two attached hydrogens (primary N) is 1. The number of ether oxygens (including phenoxy) is 3. The Morgan fingerprint density at radius 1 is 1.05 bits per heavy atom. The second-order valence-electron chi connectivity index (χ2n) is 11.4. The Morgan fingerprint density at radius 3 is 2.35 bits per heavy atom. The van der Waals surface area contributed by atoms with E-state index in [1.54, 1.807) is 13.2 Å². The molecule has 1 aliphatic carbocycles. The Hall–Kier alpha value is -3.10. The molecule has 0 radical (unpaired) electrons. The molecule has 2 aromatic heterocycles. The van der Waals surface area contributed by atoms with Gasteiger partial charge in [0.1, 0.15) is 11.6 Å². The SMILES string of the molecule is COCCOCCOCCN(CC1CC1C)c1cc(-c2nnc([C@](C)(N)Cc3ccccc3)o2)cc(N(C)S(C)(=O)=O)n1. The number of hydrogen-bond donors (Lipinski definition) is 1. The van der Waals surface area contributed by atoms with Crippen LogP contribution in [0.15, 0.2) is 46.9 Å². The van der Waals surface area contributed by atoms with Gasteiger partial charge in [-0.1, -0.05) is 37.3 Å². The number of benzene rings is 1. The summed E-state index contributed by atoms with van der Waals surface area (Å²) in [4.78, 5) is 6.88. The lowest BCUT2D eigenvalue weighted by atomic mass is 9.94. The zero-order valence-corrected chi connectivity index (χ0v) is 26.5. The number of rotatable bonds is 18. The van der Waals surface area contributed by atoms with E-state index in [4.69, 9.17) is 29.3 Å². The van der Waals surface area contributed by atoms with E-state index in [1.165, 1.54) is 7.05 Å². The van der Waals surface area contributed by atoms with Gasteiger partial charge in [0.25, 0.3) is 0 Å². The zero-order valence-electron chi connectivity index (χ0n) is 25.7. The van der Waals surface area contributed by atoms with E-state index >= 15 is 0 Å². The van der Waals surface area contributed by atoms with Crippen LogP contribution in [0.25, 0.3) is 11.5 Å². The molecular formula is C30H44N6O6S. The summed E-state index contributed by atoms with van der Waals surface area (Å²) in [7, 11) is -0.477. The first-order valence-corrected chi connectivity index (χ1v) is 16.4. The van der Waals surface area contributed by atoms with Gasteiger partial charge in [0.15, 0.2) is 0 Å². The van der Waals surface area contributed by atoms with Crippen LogP contribution in [0.5, 0.6) is 0 Å². The van der Waals surface area contributed by atoms with Crippen molar-refractivity contribution in [3.8, 4) is 11.5 Å². The van der Waals surface area contributed by atoms with Gasteiger partial charge in [-0.2, -0.15) is 0 Å². The molecule has 43 heavy (non-hydrogen) atoms. The average Bonchev–Trinajstić information content (AvgIpc) is 3.42. The van der Waals surface area contributed by atoms with E-state index < -0.39 is 15.6 Å². The largest absolute Gasteiger partial charge is 0.419 e. The first-order valence-electron chi connectivity index (χ1n) is 14.5. The van der Waals surface area contributed by atoms with Crippen LogP contribution in [-0.4, -0.2) is 90.1 Å². The van der Waals surface area contributed by atoms with Crippen molar-refractivity contribution in [1.29, 1.82) is 0 Å². The summed E-state index contributed by atoms with van der Waals surface area (Å²) in [5.74, 6) is 2.50. The third kappa shape index (κ3) is 9.44. The molecule has 0 amide bonds. The van der Waals surface area contributed by atoms with E-state index in [-0.39, 0.29) is 17.6 Å². The molecule has 1 aliphatic rings. The van der Waals surface area contributed by atoms with Crippen LogP contribution in [0.3, 0.4) is 0 Å². The van der Waals surface area contributed by atoms with Crippen LogP contribution in [0.1, 0.15) is 31.7 Å². The highest BCUT2D eigenvalue weighted by molar-refractivity contribution is 7.92. The van der Waals surface area contributed by atoms with E-state index in [1.807, 2.05) is 43.3 Å². The highest BCUT2D eigenvalue weighted by atomic mass is 32.2. The van der Waals surface area contributed by atoms with Gasteiger partial charge < -0.3 is 29.3 Å². The van der Waals surface area contributed by atoms with Gasteiger partial charge in [-0.15, -0.1) is 10.2 Å². The van der Waals surface area contributed by atoms with Crippen molar-refractivity contribution < 1.29 is 27.0 Å². The summed E-state index contributed by atoms with van der Waals surface area (Å²) < 4.78 is 48.6. The quantitative estimate of drug-likeness (QED) is 0.210. The van der Waals surface area contributed by atoms with E-state index in [0.29, 0.717) is 69.2 Å². The molecule has 4 rings (SSSR count). The molecule has 12 nitrogen and oxygen atoms in total. The lowest BCUT2D eigenvalue weighted by Crippen LogP contribution is -2.35. The topological polar surface area (TPSA) is 146 Å². The standard InChI is InChI=1S/C30H44N6O6S/c1-22-17-25(22)21-36(11-12-40-15-16-41-14-13-39-4)27-19-24(18-26(32-27)35(3)43(5,37)38)28-33-34-29(42-28)30(2,31)20-23-9-7-6-8-10-23/h6-10,18-19,22,25H,11-17,20-21,31H2,1-5H3/t22?,25?,30-/m1/s1. The summed E-state index contributed by atoms with van der Waals surface area (Å²) >= 11 is 0. The van der Waals surface area contributed by atoms with Crippen molar-refractivity contribution in [1.82, 2.24) is 15.2 Å². The Bertz CT molecular complexity index is 1420. The molecule has 0 aliphatic heterocycles. The predicted molar refractivity (Wildman–Crippen MR) is 165 cm³/mol. The van der Waals surface area contributed by atoms with E-state index in [0.717, 1.165) is 29.1 Å². The minimum absolute atomic E-state index is 0.232. The normalized spacial score (nSPS) is 17.9. The maximum absolute atomic E-state index is 12.5. The lowest BCUT2D eigenvalue weighted by molar-refractivity contribution is 0.0264. The lowest BCUT2D eigenvalue weighted by Gasteiger charge is -2.26. The number of pyridine rings is 1. The molecule has 0 bridgehead atoms. The molecule has 13 heteroatoms. The monoisotopic (exact) mass is 616 g/mol. The molecule has 236 valence electrons. The summed E-state index contributed by atoms with van der Waals surface area (Å²) in [6.45, 7) is 7.84. The third-order valence-electron chi connectivity index (χ3n) is 7.56. The van der Waals surface area contributed by atoms with Crippen molar-refractivity contribution in [2.45, 2.75) is 32.2 Å². The smallest absolute Gasteiger partial charge is 0.248 e. The molecule has 2 unspecified atom stereocenters. The first kappa shape index (κ1) is 32.8. The Balaban J connectivity index is 1.58. The van der Waals surface area contributed by atoms with Crippen LogP contribution in [-0.2, 0) is 36.2 Å². The van der Waals surface area contributed by atoms with Crippen LogP contribution in [0, 0.1) is 11.8 Å². The van der Waals surface area contributed by atoms with Crippen LogP contribution in [0.4, 0.5) is 11.6 Å². The molecule has 0 spiro atoms. The Labute approximate surface area is 254 Å². The van der Waals surface area contributed by atoms with Crippen LogP contribution < -0.4 is 14.9 Å². The van der Waals surface area contributed by atoms with Crippen molar-refractivity contribution in [2.75, 3.05) is 75.7 Å². The average molecular weight is 617 g/mol. The number of hydrogen-bond acceptors (Lipinski definition) is 11. The second kappa shape index (κ2) is 14.6. The summed E-state index contributed by atoms with van der Waals surface area (Å²) in [6, 6.07) is 13.3. The number of anilines is 2. The fourth-order valence-electron chi connectivity index (χ4n) is 4.66. The van der Waals surface area contributed by atoms with E-state index in [2.05, 4.69) is 22.0 Å². The maximum atomic E-state index is 12.5. The van der Waals surface area contributed by atoms with Gasteiger partial charge in [0.05, 0.1) is 44.8 Å². The number of nitrogens with zero attached hydrogens (tertiary/aromatic N) is 5. The van der Waals surface area contributed by atoms with Crippen LogP contribution in [0.2, 0.25) is 0 Å². The highest BCUT2D eigenvalue weighted by Gasteiger charge is 2.35. The molecule has 0 saturated heterocycles. The minimum atomic E-state index is -3.59. The Kier molecular flexibility index (Phi) is 11.1. The summed E-state index contributed by atoms with van der Waals surface area (Å²) in [5, 5.41) is 8.58. The zero-order chi connectivity index (χ0) is 31.0. The van der Waals surface area contributed by atoms with Crippen molar-refractivity contribution in [2.24, 2.45) is 17.6 Å². The number of aromatic nitrogens is 3. The van der Waals surface area contributed by atoms with Gasteiger partial charge in [0, 0.05) is 32.8 Å². The fraction of sp³-hybridized carbons (Fsp3) is 0.567. The number of sulfonamides is 1. The van der Waals surface area contributed by atoms with Gasteiger partial charge >= 0.3 is 0 Å². The minimum Gasteiger partial charge on any atom is -0.419 e. The molecule has 1 aromatic carbocycles. The molecule has 3 atom stereocenters. The molecule has 2 heterocycles. The van der Waals surface area contributed by atoms with Gasteiger partial charge in [0.2, 0.25) is 21.8 Å². The van der Waals surface area contributed by atoms with Crippen molar-refractivity contribution >= 4 is 21.7 Å². The highest BCUT2D eigenvalue weighted by Crippen LogP contribution is 2.39. The predicted octanol–water partition coefficient (Wildman–Crippen LogP) is 3.09. The molecule has 2 N–H and O–H groups in total. The van der Waals surface area contributed by atoms with Crippen LogP contribution >= 0.6 is 0 Å². The molecular weight excluding hydrogens is 572 g/mol. The number of methoxy groups -OCH3 is 1. The Morgan fingerprint density at radius 2 is 1.70 bits per heavy atom. The summed E-state index contributed by atoms with van der Waals surface area (Å²) in [6.07, 6.45) is 2.77. The fourth-order valence-corrected chi connectivity index (χ4v) is 5.09. The van der Waals surface area contributed by atoms with Crippen molar-refractivity contribution in [3.63, 3.8) is 0 Å². The van der Waals surface area contributed by atoms with Gasteiger partial charge in [-0.05, 0) is 49.3 Å². The van der Waals surface area contributed by atoms with E-state index in [9.17, 15) is 8.42 Å². The third-order valence-corrected chi connectivity index (χ3v) is 8.74. The maximum Gasteiger partial charge on any atom is 0.248 e. The van der Waals surface area contributed by atoms with Gasteiger partial charge in [-0.3, -0.25) is 4.31 Å².